The van der Waals surface area contributed by atoms with Crippen LogP contribution in [0.2, 0.25) is 0 Å². The number of aryl methyl sites for hydroxylation is 2. The van der Waals surface area contributed by atoms with Crippen LogP contribution in [0.4, 0.5) is 5.82 Å². The predicted molar refractivity (Wildman–Crippen MR) is 98.5 cm³/mol. The molecule has 0 fully saturated rings. The van der Waals surface area contributed by atoms with E-state index in [4.69, 9.17) is 0 Å². The first-order valence-electron chi connectivity index (χ1n) is 8.11. The third-order valence-corrected chi connectivity index (χ3v) is 5.25. The topological polar surface area (TPSA) is 53.9 Å². The molecule has 6 heteroatoms. The summed E-state index contributed by atoms with van der Waals surface area (Å²) >= 11 is 1.67. The van der Waals surface area contributed by atoms with Crippen molar-refractivity contribution < 1.29 is 0 Å². The maximum absolute atomic E-state index is 4.66. The third kappa shape index (κ3) is 3.14. The van der Waals surface area contributed by atoms with Crippen LogP contribution in [0.15, 0.2) is 12.4 Å². The number of hydrogen-bond donors (Lipinski definition) is 1. The van der Waals surface area contributed by atoms with Crippen LogP contribution < -0.4 is 5.32 Å². The number of nitrogens with one attached hydrogen (secondary N) is 1. The molecule has 0 atom stereocenters. The highest BCUT2D eigenvalue weighted by Gasteiger charge is 2.14. The van der Waals surface area contributed by atoms with Gasteiger partial charge in [-0.25, -0.2) is 15.0 Å². The summed E-state index contributed by atoms with van der Waals surface area (Å²) in [7, 11) is 0. The highest BCUT2D eigenvalue weighted by Crippen LogP contribution is 2.36. The number of likely N-dealkylation sites (N-methyl/N-ethyl adjacent to an activating group) is 1. The SMILES string of the molecule is CCN(CC)CCNc1ncnc2c1sc1nc(C)cc(C)c12. The fourth-order valence-corrected chi connectivity index (χ4v) is 4.12. The standard InChI is InChI=1S/C17H23N5S/c1-5-22(6-2)8-7-18-16-15-14(19-10-20-16)13-11(3)9-12(4)21-17(13)23-15/h9-10H,5-8H2,1-4H3,(H,18,19,20). The van der Waals surface area contributed by atoms with Crippen LogP contribution in [0.25, 0.3) is 20.4 Å². The van der Waals surface area contributed by atoms with Crippen molar-refractivity contribution >= 4 is 37.6 Å². The van der Waals surface area contributed by atoms with Gasteiger partial charge in [0, 0.05) is 24.2 Å². The molecule has 0 amide bonds. The molecular weight excluding hydrogens is 306 g/mol. The van der Waals surface area contributed by atoms with Crippen molar-refractivity contribution in [2.24, 2.45) is 0 Å². The minimum Gasteiger partial charge on any atom is -0.367 e. The molecule has 0 unspecified atom stereocenters. The molecule has 122 valence electrons. The van der Waals surface area contributed by atoms with Gasteiger partial charge in [-0.1, -0.05) is 13.8 Å². The maximum atomic E-state index is 4.66. The largest absolute Gasteiger partial charge is 0.367 e. The van der Waals surface area contributed by atoms with Crippen molar-refractivity contribution in [1.82, 2.24) is 19.9 Å². The lowest BCUT2D eigenvalue weighted by Crippen LogP contribution is -2.28. The molecule has 23 heavy (non-hydrogen) atoms. The molecule has 0 saturated heterocycles. The second kappa shape index (κ2) is 6.76. The van der Waals surface area contributed by atoms with Gasteiger partial charge in [0.25, 0.3) is 0 Å². The molecule has 1 N–H and O–H groups in total. The average Bonchev–Trinajstić information content (AvgIpc) is 2.90. The Morgan fingerprint density at radius 1 is 1.17 bits per heavy atom. The Morgan fingerprint density at radius 2 is 1.96 bits per heavy atom. The van der Waals surface area contributed by atoms with E-state index in [1.54, 1.807) is 17.7 Å². The zero-order chi connectivity index (χ0) is 16.4. The molecule has 0 aliphatic heterocycles. The van der Waals surface area contributed by atoms with Crippen LogP contribution in [0, 0.1) is 13.8 Å². The first-order valence-corrected chi connectivity index (χ1v) is 8.93. The molecule has 0 bridgehead atoms. The summed E-state index contributed by atoms with van der Waals surface area (Å²) in [5.41, 5.74) is 3.28. The van der Waals surface area contributed by atoms with E-state index in [9.17, 15) is 0 Å². The summed E-state index contributed by atoms with van der Waals surface area (Å²) in [5, 5.41) is 4.63. The van der Waals surface area contributed by atoms with Crippen molar-refractivity contribution in [3.63, 3.8) is 0 Å². The highest BCUT2D eigenvalue weighted by molar-refractivity contribution is 7.26. The molecule has 3 aromatic heterocycles. The van der Waals surface area contributed by atoms with Gasteiger partial charge >= 0.3 is 0 Å². The second-order valence-corrected chi connectivity index (χ2v) is 6.72. The van der Waals surface area contributed by atoms with Gasteiger partial charge in [0.1, 0.15) is 17.0 Å². The summed E-state index contributed by atoms with van der Waals surface area (Å²) in [6, 6.07) is 2.12. The van der Waals surface area contributed by atoms with E-state index in [0.29, 0.717) is 0 Å². The maximum Gasteiger partial charge on any atom is 0.147 e. The first kappa shape index (κ1) is 16.1. The van der Waals surface area contributed by atoms with Crippen LogP contribution in [-0.4, -0.2) is 46.0 Å². The van der Waals surface area contributed by atoms with E-state index in [1.165, 1.54) is 5.56 Å². The number of thiophene rings is 1. The van der Waals surface area contributed by atoms with Crippen LogP contribution in [0.3, 0.4) is 0 Å². The molecule has 0 aliphatic carbocycles. The van der Waals surface area contributed by atoms with Crippen LogP contribution in [0.1, 0.15) is 25.1 Å². The molecule has 5 nitrogen and oxygen atoms in total. The smallest absolute Gasteiger partial charge is 0.147 e. The Balaban J connectivity index is 1.94. The lowest BCUT2D eigenvalue weighted by atomic mass is 10.1. The first-order chi connectivity index (χ1) is 11.1. The molecule has 3 heterocycles. The van der Waals surface area contributed by atoms with Crippen molar-refractivity contribution in [3.05, 3.63) is 23.7 Å². The van der Waals surface area contributed by atoms with E-state index in [2.05, 4.69) is 52.0 Å². The normalized spacial score (nSPS) is 11.7. The zero-order valence-corrected chi connectivity index (χ0v) is 15.0. The Kier molecular flexibility index (Phi) is 4.73. The monoisotopic (exact) mass is 329 g/mol. The van der Waals surface area contributed by atoms with E-state index < -0.39 is 0 Å². The molecule has 0 saturated carbocycles. The lowest BCUT2D eigenvalue weighted by Gasteiger charge is -2.18. The summed E-state index contributed by atoms with van der Waals surface area (Å²) in [4.78, 5) is 17.1. The Bertz CT molecular complexity index is 823. The number of anilines is 1. The molecule has 0 aromatic carbocycles. The quantitative estimate of drug-likeness (QED) is 0.749. The van der Waals surface area contributed by atoms with E-state index >= 15 is 0 Å². The second-order valence-electron chi connectivity index (χ2n) is 5.72. The Hall–Kier alpha value is -1.79. The summed E-state index contributed by atoms with van der Waals surface area (Å²) < 4.78 is 1.10. The Morgan fingerprint density at radius 3 is 2.70 bits per heavy atom. The number of nitrogens with zero attached hydrogens (tertiary/aromatic N) is 4. The van der Waals surface area contributed by atoms with E-state index in [0.717, 1.165) is 58.1 Å². The lowest BCUT2D eigenvalue weighted by molar-refractivity contribution is 0.316. The van der Waals surface area contributed by atoms with Crippen molar-refractivity contribution in [1.29, 1.82) is 0 Å². The highest BCUT2D eigenvalue weighted by atomic mass is 32.1. The molecule has 3 aromatic rings. The fraction of sp³-hybridized carbons (Fsp3) is 0.471. The van der Waals surface area contributed by atoms with Gasteiger partial charge in [-0.3, -0.25) is 0 Å². The molecule has 0 spiro atoms. The van der Waals surface area contributed by atoms with Crippen molar-refractivity contribution in [2.45, 2.75) is 27.7 Å². The van der Waals surface area contributed by atoms with Gasteiger partial charge in [-0.05, 0) is 38.6 Å². The number of pyridine rings is 1. The summed E-state index contributed by atoms with van der Waals surface area (Å²) in [5.74, 6) is 0.919. The number of hydrogen-bond acceptors (Lipinski definition) is 6. The number of aromatic nitrogens is 3. The molecular formula is C17H23N5S. The van der Waals surface area contributed by atoms with Crippen LogP contribution >= 0.6 is 11.3 Å². The predicted octanol–water partition coefficient (Wildman–Crippen LogP) is 3.61. The van der Waals surface area contributed by atoms with Crippen LogP contribution in [0.5, 0.6) is 0 Å². The molecule has 0 radical (unpaired) electrons. The van der Waals surface area contributed by atoms with Crippen LogP contribution in [-0.2, 0) is 0 Å². The van der Waals surface area contributed by atoms with Gasteiger partial charge in [0.05, 0.1) is 10.2 Å². The minimum atomic E-state index is 0.882. The van der Waals surface area contributed by atoms with Crippen molar-refractivity contribution in [2.75, 3.05) is 31.5 Å². The van der Waals surface area contributed by atoms with Gasteiger partial charge in [-0.2, -0.15) is 0 Å². The van der Waals surface area contributed by atoms with Gasteiger partial charge in [0.2, 0.25) is 0 Å². The number of fused-ring (bicyclic) bond motifs is 3. The third-order valence-electron chi connectivity index (χ3n) is 4.17. The summed E-state index contributed by atoms with van der Waals surface area (Å²) in [6.07, 6.45) is 1.65. The average molecular weight is 329 g/mol. The van der Waals surface area contributed by atoms with Crippen molar-refractivity contribution in [3.8, 4) is 0 Å². The summed E-state index contributed by atoms with van der Waals surface area (Å²) in [6.45, 7) is 12.6. The van der Waals surface area contributed by atoms with Gasteiger partial charge in [0.15, 0.2) is 0 Å². The number of rotatable bonds is 6. The van der Waals surface area contributed by atoms with Gasteiger partial charge < -0.3 is 10.2 Å². The molecule has 0 aliphatic rings. The fourth-order valence-electron chi connectivity index (χ4n) is 2.91. The van der Waals surface area contributed by atoms with Gasteiger partial charge in [-0.15, -0.1) is 11.3 Å². The van der Waals surface area contributed by atoms with E-state index in [1.807, 2.05) is 6.92 Å². The molecule has 3 rings (SSSR count). The van der Waals surface area contributed by atoms with E-state index in [-0.39, 0.29) is 0 Å². The zero-order valence-electron chi connectivity index (χ0n) is 14.2. The Labute approximate surface area is 140 Å². The minimum absolute atomic E-state index is 0.882.